The minimum Gasteiger partial charge on any atom is -0.385 e. The van der Waals surface area contributed by atoms with E-state index in [4.69, 9.17) is 0 Å². The number of nitrogens with zero attached hydrogens (tertiary/aromatic N) is 1. The average Bonchev–Trinajstić information content (AvgIpc) is 2.53. The summed E-state index contributed by atoms with van der Waals surface area (Å²) >= 11 is 0. The van der Waals surface area contributed by atoms with E-state index in [0.717, 1.165) is 24.2 Å². The molecule has 0 aliphatic rings. The fraction of sp³-hybridized carbons (Fsp3) is 0.294. The molecule has 110 valence electrons. The molecule has 0 unspecified atom stereocenters. The molecular weight excluding hydrogens is 262 g/mol. The van der Waals surface area contributed by atoms with Crippen LogP contribution in [0.5, 0.6) is 0 Å². The molecule has 1 amide bonds. The third kappa shape index (κ3) is 4.31. The van der Waals surface area contributed by atoms with E-state index < -0.39 is 0 Å². The molecule has 0 spiro atoms. The predicted octanol–water partition coefficient (Wildman–Crippen LogP) is 3.01. The third-order valence-electron chi connectivity index (χ3n) is 3.26. The van der Waals surface area contributed by atoms with E-state index >= 15 is 0 Å². The summed E-state index contributed by atoms with van der Waals surface area (Å²) < 4.78 is 0. The van der Waals surface area contributed by atoms with E-state index in [1.807, 2.05) is 25.1 Å². The van der Waals surface area contributed by atoms with E-state index in [1.54, 1.807) is 12.3 Å². The van der Waals surface area contributed by atoms with Gasteiger partial charge in [0.25, 0.3) is 5.91 Å². The molecule has 4 nitrogen and oxygen atoms in total. The number of rotatable bonds is 6. The molecule has 2 rings (SSSR count). The highest BCUT2D eigenvalue weighted by Gasteiger charge is 2.07. The first-order chi connectivity index (χ1) is 10.2. The summed E-state index contributed by atoms with van der Waals surface area (Å²) in [7, 11) is 0. The Morgan fingerprint density at radius 1 is 1.10 bits per heavy atom. The zero-order valence-corrected chi connectivity index (χ0v) is 12.5. The van der Waals surface area contributed by atoms with Crippen LogP contribution in [0.3, 0.4) is 0 Å². The lowest BCUT2D eigenvalue weighted by Gasteiger charge is -2.07. The Bertz CT molecular complexity index is 593. The molecule has 2 N–H and O–H groups in total. The van der Waals surface area contributed by atoms with Crippen LogP contribution in [0.25, 0.3) is 0 Å². The Kier molecular flexibility index (Phi) is 5.32. The lowest BCUT2D eigenvalue weighted by atomic mass is 10.1. The van der Waals surface area contributed by atoms with E-state index in [1.165, 1.54) is 5.56 Å². The standard InChI is InChI=1S/C17H21N3O/c1-3-13-5-7-14(8-6-13)12-20-17(21)16-11-15(18-4-2)9-10-19-16/h5-11H,3-4,12H2,1-2H3,(H,18,19)(H,20,21). The van der Waals surface area contributed by atoms with Crippen LogP contribution < -0.4 is 10.6 Å². The normalized spacial score (nSPS) is 10.2. The Morgan fingerprint density at radius 2 is 1.81 bits per heavy atom. The van der Waals surface area contributed by atoms with Crippen molar-refractivity contribution in [2.24, 2.45) is 0 Å². The first-order valence-electron chi connectivity index (χ1n) is 7.29. The molecular formula is C17H21N3O. The van der Waals surface area contributed by atoms with Gasteiger partial charge in [0.15, 0.2) is 0 Å². The highest BCUT2D eigenvalue weighted by molar-refractivity contribution is 5.93. The third-order valence-corrected chi connectivity index (χ3v) is 3.26. The van der Waals surface area contributed by atoms with Crippen molar-refractivity contribution in [2.75, 3.05) is 11.9 Å². The summed E-state index contributed by atoms with van der Waals surface area (Å²) in [6, 6.07) is 11.9. The molecule has 1 aromatic carbocycles. The summed E-state index contributed by atoms with van der Waals surface area (Å²) in [4.78, 5) is 16.2. The topological polar surface area (TPSA) is 54.0 Å². The minimum absolute atomic E-state index is 0.158. The minimum atomic E-state index is -0.158. The number of pyridine rings is 1. The first kappa shape index (κ1) is 15.0. The molecule has 2 aromatic rings. The maximum Gasteiger partial charge on any atom is 0.270 e. The van der Waals surface area contributed by atoms with Crippen molar-refractivity contribution in [3.8, 4) is 0 Å². The van der Waals surface area contributed by atoms with E-state index in [2.05, 4.69) is 34.7 Å². The van der Waals surface area contributed by atoms with Gasteiger partial charge in [0.1, 0.15) is 5.69 Å². The maximum absolute atomic E-state index is 12.1. The van der Waals surface area contributed by atoms with Gasteiger partial charge in [-0.25, -0.2) is 0 Å². The summed E-state index contributed by atoms with van der Waals surface area (Å²) in [6.07, 6.45) is 2.66. The molecule has 0 saturated carbocycles. The van der Waals surface area contributed by atoms with Crippen molar-refractivity contribution in [3.05, 3.63) is 59.4 Å². The number of benzene rings is 1. The average molecular weight is 283 g/mol. The zero-order chi connectivity index (χ0) is 15.1. The van der Waals surface area contributed by atoms with Gasteiger partial charge in [0.05, 0.1) is 0 Å². The second kappa shape index (κ2) is 7.43. The van der Waals surface area contributed by atoms with Crippen molar-refractivity contribution < 1.29 is 4.79 Å². The van der Waals surface area contributed by atoms with E-state index in [-0.39, 0.29) is 5.91 Å². The van der Waals surface area contributed by atoms with Crippen molar-refractivity contribution in [1.29, 1.82) is 0 Å². The van der Waals surface area contributed by atoms with Crippen LogP contribution in [0, 0.1) is 0 Å². The van der Waals surface area contributed by atoms with Crippen LogP contribution in [0.2, 0.25) is 0 Å². The molecule has 1 heterocycles. The number of hydrogen-bond donors (Lipinski definition) is 2. The number of hydrogen-bond acceptors (Lipinski definition) is 3. The van der Waals surface area contributed by atoms with Crippen LogP contribution in [-0.2, 0) is 13.0 Å². The number of amides is 1. The van der Waals surface area contributed by atoms with Gasteiger partial charge in [-0.15, -0.1) is 0 Å². The Hall–Kier alpha value is -2.36. The number of aromatic nitrogens is 1. The summed E-state index contributed by atoms with van der Waals surface area (Å²) in [6.45, 7) is 5.46. The van der Waals surface area contributed by atoms with Gasteiger partial charge in [0, 0.05) is 25.0 Å². The fourth-order valence-electron chi connectivity index (χ4n) is 2.03. The molecule has 21 heavy (non-hydrogen) atoms. The Balaban J connectivity index is 1.95. The summed E-state index contributed by atoms with van der Waals surface area (Å²) in [5.41, 5.74) is 3.72. The summed E-state index contributed by atoms with van der Waals surface area (Å²) in [5.74, 6) is -0.158. The van der Waals surface area contributed by atoms with Crippen molar-refractivity contribution in [3.63, 3.8) is 0 Å². The molecule has 0 aliphatic carbocycles. The second-order valence-corrected chi connectivity index (χ2v) is 4.81. The van der Waals surface area contributed by atoms with Gasteiger partial charge < -0.3 is 10.6 Å². The second-order valence-electron chi connectivity index (χ2n) is 4.81. The van der Waals surface area contributed by atoms with Crippen molar-refractivity contribution >= 4 is 11.6 Å². The van der Waals surface area contributed by atoms with Gasteiger partial charge in [-0.3, -0.25) is 9.78 Å². The first-order valence-corrected chi connectivity index (χ1v) is 7.29. The number of aryl methyl sites for hydroxylation is 1. The Labute approximate surface area is 125 Å². The number of nitrogens with one attached hydrogen (secondary N) is 2. The highest BCUT2D eigenvalue weighted by Crippen LogP contribution is 2.08. The zero-order valence-electron chi connectivity index (χ0n) is 12.5. The lowest BCUT2D eigenvalue weighted by molar-refractivity contribution is 0.0946. The Morgan fingerprint density at radius 3 is 2.48 bits per heavy atom. The van der Waals surface area contributed by atoms with Gasteiger partial charge in [-0.1, -0.05) is 31.2 Å². The molecule has 0 aliphatic heterocycles. The molecule has 0 bridgehead atoms. The molecule has 0 radical (unpaired) electrons. The van der Waals surface area contributed by atoms with Crippen LogP contribution in [0.1, 0.15) is 35.5 Å². The predicted molar refractivity (Wildman–Crippen MR) is 85.4 cm³/mol. The summed E-state index contributed by atoms with van der Waals surface area (Å²) in [5, 5.41) is 6.06. The van der Waals surface area contributed by atoms with Crippen LogP contribution >= 0.6 is 0 Å². The van der Waals surface area contributed by atoms with Crippen LogP contribution in [-0.4, -0.2) is 17.4 Å². The molecule has 0 atom stereocenters. The molecule has 1 aromatic heterocycles. The van der Waals surface area contributed by atoms with Crippen LogP contribution in [0.15, 0.2) is 42.6 Å². The number of anilines is 1. The van der Waals surface area contributed by atoms with E-state index in [0.29, 0.717) is 12.2 Å². The molecule has 4 heteroatoms. The monoisotopic (exact) mass is 283 g/mol. The van der Waals surface area contributed by atoms with Crippen LogP contribution in [0.4, 0.5) is 5.69 Å². The molecule has 0 saturated heterocycles. The van der Waals surface area contributed by atoms with Gasteiger partial charge in [-0.2, -0.15) is 0 Å². The quantitative estimate of drug-likeness (QED) is 0.857. The number of carbonyl (C=O) groups is 1. The molecule has 0 fully saturated rings. The van der Waals surface area contributed by atoms with Gasteiger partial charge in [-0.05, 0) is 36.6 Å². The van der Waals surface area contributed by atoms with Gasteiger partial charge in [0.2, 0.25) is 0 Å². The lowest BCUT2D eigenvalue weighted by Crippen LogP contribution is -2.23. The SMILES string of the molecule is CCNc1ccnc(C(=O)NCc2ccc(CC)cc2)c1. The number of carbonyl (C=O) groups excluding carboxylic acids is 1. The fourth-order valence-corrected chi connectivity index (χ4v) is 2.03. The largest absolute Gasteiger partial charge is 0.385 e. The van der Waals surface area contributed by atoms with Gasteiger partial charge >= 0.3 is 0 Å². The van der Waals surface area contributed by atoms with Crippen molar-refractivity contribution in [2.45, 2.75) is 26.8 Å². The smallest absolute Gasteiger partial charge is 0.270 e. The van der Waals surface area contributed by atoms with Crippen molar-refractivity contribution in [1.82, 2.24) is 10.3 Å². The maximum atomic E-state index is 12.1. The highest BCUT2D eigenvalue weighted by atomic mass is 16.1. The van der Waals surface area contributed by atoms with E-state index in [9.17, 15) is 4.79 Å².